The van der Waals surface area contributed by atoms with Gasteiger partial charge in [-0.1, -0.05) is 12.8 Å². The lowest BCUT2D eigenvalue weighted by Crippen LogP contribution is -2.56. The van der Waals surface area contributed by atoms with Gasteiger partial charge in [0.05, 0.1) is 5.41 Å². The van der Waals surface area contributed by atoms with Crippen molar-refractivity contribution >= 4 is 17.9 Å². The molecule has 7 nitrogen and oxygen atoms in total. The molecule has 0 bridgehead atoms. The van der Waals surface area contributed by atoms with Gasteiger partial charge in [0, 0.05) is 13.1 Å². The fraction of sp³-hybridized carbons (Fsp3) is 0.769. The highest BCUT2D eigenvalue weighted by molar-refractivity contribution is 5.88. The number of carbonyl (C=O) groups is 3. The van der Waals surface area contributed by atoms with Gasteiger partial charge < -0.3 is 21.1 Å². The lowest BCUT2D eigenvalue weighted by atomic mass is 9.89. The first kappa shape index (κ1) is 14.6. The molecule has 1 atom stereocenters. The van der Waals surface area contributed by atoms with Crippen molar-refractivity contribution in [3.05, 3.63) is 0 Å². The summed E-state index contributed by atoms with van der Waals surface area (Å²) in [6.45, 7) is 2.38. The Hall–Kier alpha value is -1.79. The predicted octanol–water partition coefficient (Wildman–Crippen LogP) is 0.291. The van der Waals surface area contributed by atoms with Crippen molar-refractivity contribution in [3.63, 3.8) is 0 Å². The molecule has 1 aliphatic heterocycles. The maximum atomic E-state index is 12.2. The average molecular weight is 283 g/mol. The first-order valence-corrected chi connectivity index (χ1v) is 6.89. The van der Waals surface area contributed by atoms with E-state index in [4.69, 9.17) is 5.73 Å². The van der Waals surface area contributed by atoms with E-state index in [-0.39, 0.29) is 6.54 Å². The van der Waals surface area contributed by atoms with Crippen LogP contribution in [0, 0.1) is 5.41 Å². The van der Waals surface area contributed by atoms with Gasteiger partial charge in [-0.05, 0) is 26.2 Å². The number of nitrogens with two attached hydrogens (primary N) is 1. The van der Waals surface area contributed by atoms with Crippen LogP contribution in [0.5, 0.6) is 0 Å². The Balaban J connectivity index is 2.03. The number of nitrogens with zero attached hydrogens (tertiary/aromatic N) is 1. The fourth-order valence-corrected chi connectivity index (χ4v) is 2.99. The molecule has 0 aromatic heterocycles. The summed E-state index contributed by atoms with van der Waals surface area (Å²) in [5, 5.41) is 12.0. The van der Waals surface area contributed by atoms with Crippen molar-refractivity contribution in [2.75, 3.05) is 13.1 Å². The second kappa shape index (κ2) is 4.96. The average Bonchev–Trinajstić information content (AvgIpc) is 2.97. The third-order valence-corrected chi connectivity index (χ3v) is 4.57. The summed E-state index contributed by atoms with van der Waals surface area (Å²) < 4.78 is 0. The summed E-state index contributed by atoms with van der Waals surface area (Å²) in [6, 6.07) is -0.417. The largest absolute Gasteiger partial charge is 0.480 e. The van der Waals surface area contributed by atoms with Crippen LogP contribution >= 0.6 is 0 Å². The van der Waals surface area contributed by atoms with Gasteiger partial charge in [0.1, 0.15) is 5.54 Å². The molecule has 1 unspecified atom stereocenters. The standard InChI is InChI=1S/C13H21N3O4/c1-12(9(14)17)6-7-16(8-12)11(20)15-13(10(18)19)4-2-3-5-13/h2-8H2,1H3,(H2,14,17)(H,15,20)(H,18,19). The van der Waals surface area contributed by atoms with Crippen LogP contribution in [0.2, 0.25) is 0 Å². The molecule has 2 aliphatic rings. The Morgan fingerprint density at radius 2 is 1.80 bits per heavy atom. The minimum Gasteiger partial charge on any atom is -0.480 e. The lowest BCUT2D eigenvalue weighted by Gasteiger charge is -2.29. The molecule has 20 heavy (non-hydrogen) atoms. The first-order valence-electron chi connectivity index (χ1n) is 6.89. The molecule has 1 saturated heterocycles. The number of hydrogen-bond donors (Lipinski definition) is 3. The van der Waals surface area contributed by atoms with Gasteiger partial charge >= 0.3 is 12.0 Å². The number of primary amides is 1. The number of rotatable bonds is 3. The number of carboxylic acid groups (broad SMARTS) is 1. The summed E-state index contributed by atoms with van der Waals surface area (Å²) in [6.07, 6.45) is 3.01. The molecule has 0 aromatic carbocycles. The number of amides is 3. The third kappa shape index (κ3) is 2.44. The molecule has 0 radical (unpaired) electrons. The van der Waals surface area contributed by atoms with E-state index >= 15 is 0 Å². The van der Waals surface area contributed by atoms with Crippen LogP contribution in [0.3, 0.4) is 0 Å². The zero-order valence-electron chi connectivity index (χ0n) is 11.6. The van der Waals surface area contributed by atoms with E-state index < -0.39 is 28.9 Å². The van der Waals surface area contributed by atoms with Gasteiger partial charge in [-0.3, -0.25) is 4.79 Å². The van der Waals surface area contributed by atoms with Gasteiger partial charge in [0.15, 0.2) is 0 Å². The summed E-state index contributed by atoms with van der Waals surface area (Å²) in [7, 11) is 0. The minimum atomic E-state index is -1.15. The number of aliphatic carboxylic acids is 1. The summed E-state index contributed by atoms with van der Waals surface area (Å²) in [4.78, 5) is 36.5. The van der Waals surface area contributed by atoms with Gasteiger partial charge in [-0.15, -0.1) is 0 Å². The van der Waals surface area contributed by atoms with Crippen molar-refractivity contribution in [2.45, 2.75) is 44.6 Å². The van der Waals surface area contributed by atoms with Crippen LogP contribution in [-0.4, -0.2) is 46.5 Å². The molecule has 0 spiro atoms. The first-order chi connectivity index (χ1) is 9.29. The van der Waals surface area contributed by atoms with Crippen LogP contribution < -0.4 is 11.1 Å². The number of hydrogen-bond acceptors (Lipinski definition) is 3. The Morgan fingerprint density at radius 1 is 1.20 bits per heavy atom. The van der Waals surface area contributed by atoms with E-state index in [1.54, 1.807) is 6.92 Å². The minimum absolute atomic E-state index is 0.240. The van der Waals surface area contributed by atoms with Crippen molar-refractivity contribution < 1.29 is 19.5 Å². The SMILES string of the molecule is CC1(C(N)=O)CCN(C(=O)NC2(C(=O)O)CCCC2)C1. The number of nitrogens with one attached hydrogen (secondary N) is 1. The Morgan fingerprint density at radius 3 is 2.25 bits per heavy atom. The van der Waals surface area contributed by atoms with E-state index in [0.717, 1.165) is 12.8 Å². The van der Waals surface area contributed by atoms with E-state index in [0.29, 0.717) is 25.8 Å². The van der Waals surface area contributed by atoms with Crippen molar-refractivity contribution in [2.24, 2.45) is 11.1 Å². The Kier molecular flexibility index (Phi) is 3.62. The molecule has 0 aromatic rings. The van der Waals surface area contributed by atoms with Crippen molar-refractivity contribution in [1.82, 2.24) is 10.2 Å². The maximum absolute atomic E-state index is 12.2. The molecule has 3 amide bonds. The van der Waals surface area contributed by atoms with Crippen LogP contribution in [0.25, 0.3) is 0 Å². The number of urea groups is 1. The van der Waals surface area contributed by atoms with Crippen LogP contribution in [-0.2, 0) is 9.59 Å². The second-order valence-corrected chi connectivity index (χ2v) is 6.12. The highest BCUT2D eigenvalue weighted by atomic mass is 16.4. The summed E-state index contributed by atoms with van der Waals surface area (Å²) in [5.41, 5.74) is 3.47. The monoisotopic (exact) mass is 283 g/mol. The Labute approximate surface area is 117 Å². The Bertz CT molecular complexity index is 445. The molecule has 112 valence electrons. The molecule has 4 N–H and O–H groups in total. The summed E-state index contributed by atoms with van der Waals surface area (Å²) >= 11 is 0. The highest BCUT2D eigenvalue weighted by Gasteiger charge is 2.46. The van der Waals surface area contributed by atoms with Crippen molar-refractivity contribution in [3.8, 4) is 0 Å². The van der Waals surface area contributed by atoms with E-state index in [1.165, 1.54) is 4.90 Å². The predicted molar refractivity (Wildman–Crippen MR) is 70.9 cm³/mol. The van der Waals surface area contributed by atoms with Crippen LogP contribution in [0.15, 0.2) is 0 Å². The molecule has 1 saturated carbocycles. The molecule has 2 rings (SSSR count). The maximum Gasteiger partial charge on any atom is 0.329 e. The second-order valence-electron chi connectivity index (χ2n) is 6.12. The molecule has 2 fully saturated rings. The number of carboxylic acids is 1. The molecular weight excluding hydrogens is 262 g/mol. The fourth-order valence-electron chi connectivity index (χ4n) is 2.99. The zero-order chi connectivity index (χ0) is 15.0. The van der Waals surface area contributed by atoms with Gasteiger partial charge in [-0.25, -0.2) is 9.59 Å². The van der Waals surface area contributed by atoms with Crippen LogP contribution in [0.4, 0.5) is 4.79 Å². The number of likely N-dealkylation sites (tertiary alicyclic amines) is 1. The molecule has 1 heterocycles. The number of carbonyl (C=O) groups excluding carboxylic acids is 2. The topological polar surface area (TPSA) is 113 Å². The third-order valence-electron chi connectivity index (χ3n) is 4.57. The van der Waals surface area contributed by atoms with Gasteiger partial charge in [0.2, 0.25) is 5.91 Å². The normalized spacial score (nSPS) is 28.4. The quantitative estimate of drug-likeness (QED) is 0.691. The summed E-state index contributed by atoms with van der Waals surface area (Å²) in [5.74, 6) is -1.41. The van der Waals surface area contributed by atoms with E-state index in [2.05, 4.69) is 5.32 Å². The molecule has 1 aliphatic carbocycles. The smallest absolute Gasteiger partial charge is 0.329 e. The lowest BCUT2D eigenvalue weighted by molar-refractivity contribution is -0.144. The van der Waals surface area contributed by atoms with Crippen molar-refractivity contribution in [1.29, 1.82) is 0 Å². The zero-order valence-corrected chi connectivity index (χ0v) is 11.6. The molecular formula is C13H21N3O4. The van der Waals surface area contributed by atoms with E-state index in [9.17, 15) is 19.5 Å². The van der Waals surface area contributed by atoms with Crippen LogP contribution in [0.1, 0.15) is 39.0 Å². The van der Waals surface area contributed by atoms with E-state index in [1.807, 2.05) is 0 Å². The van der Waals surface area contributed by atoms with Gasteiger partial charge in [0.25, 0.3) is 0 Å². The molecule has 7 heteroatoms. The van der Waals surface area contributed by atoms with Gasteiger partial charge in [-0.2, -0.15) is 0 Å². The highest BCUT2D eigenvalue weighted by Crippen LogP contribution is 2.32.